The Morgan fingerprint density at radius 2 is 1.95 bits per heavy atom. The first-order chi connectivity index (χ1) is 9.37. The van der Waals surface area contributed by atoms with Gasteiger partial charge in [-0.1, -0.05) is 19.4 Å². The molecule has 5 heteroatoms. The summed E-state index contributed by atoms with van der Waals surface area (Å²) in [5.74, 6) is -0.564. The summed E-state index contributed by atoms with van der Waals surface area (Å²) in [6, 6.07) is 0. The van der Waals surface area contributed by atoms with Crippen LogP contribution in [0.1, 0.15) is 26.7 Å². The van der Waals surface area contributed by atoms with Gasteiger partial charge in [0.15, 0.2) is 5.78 Å². The maximum Gasteiger partial charge on any atom is 0.184 e. The molecular formula is C15H22O5. The van der Waals surface area contributed by atoms with Crippen LogP contribution in [0.15, 0.2) is 22.8 Å². The fraction of sp³-hybridized carbons (Fsp3) is 0.667. The molecule has 4 atom stereocenters. The van der Waals surface area contributed by atoms with Gasteiger partial charge in [0.2, 0.25) is 0 Å². The summed E-state index contributed by atoms with van der Waals surface area (Å²) in [6.07, 6.45) is 0.998. The van der Waals surface area contributed by atoms with Crippen molar-refractivity contribution in [3.05, 3.63) is 22.8 Å². The molecule has 2 aliphatic carbocycles. The zero-order valence-corrected chi connectivity index (χ0v) is 11.8. The molecular weight excluding hydrogens is 260 g/mol. The van der Waals surface area contributed by atoms with E-state index in [0.29, 0.717) is 12.8 Å². The van der Waals surface area contributed by atoms with E-state index in [4.69, 9.17) is 0 Å². The summed E-state index contributed by atoms with van der Waals surface area (Å²) in [7, 11) is 0. The van der Waals surface area contributed by atoms with Crippen molar-refractivity contribution in [3.63, 3.8) is 0 Å². The second kappa shape index (κ2) is 5.41. The number of allylic oxidation sites excluding steroid dienone is 1. The summed E-state index contributed by atoms with van der Waals surface area (Å²) in [6.45, 7) is 2.75. The molecule has 2 aliphatic rings. The number of carbonyl (C=O) groups is 1. The standard InChI is InChI=1S/C15H22O5/c1-8-11(18)4-3-10-5-12(19)13(9(6-16)7-17)14(20)15(8,10)2/h5,8,11,14,16-18,20H,3-4,6-7H2,1-2H3/t8-,11+,14+,15+/m0/s1. The van der Waals surface area contributed by atoms with Gasteiger partial charge in [-0.15, -0.1) is 0 Å². The smallest absolute Gasteiger partial charge is 0.184 e. The normalized spacial score (nSPS) is 37.5. The maximum atomic E-state index is 12.2. The van der Waals surface area contributed by atoms with Gasteiger partial charge in [0, 0.05) is 11.0 Å². The molecule has 0 aromatic heterocycles. The molecule has 0 aromatic carbocycles. The largest absolute Gasteiger partial charge is 0.393 e. The third kappa shape index (κ3) is 2.05. The first kappa shape index (κ1) is 15.4. The SMILES string of the molecule is C[C@H]1[C@H](O)CCC2=CC(=O)C(=C(CO)CO)[C@@H](O)[C@@]21C. The van der Waals surface area contributed by atoms with E-state index in [9.17, 15) is 25.2 Å². The predicted octanol–water partition coefficient (Wildman–Crippen LogP) is -0.0653. The Hall–Kier alpha value is -1.01. The number of hydrogen-bond acceptors (Lipinski definition) is 5. The van der Waals surface area contributed by atoms with Gasteiger partial charge in [0.05, 0.1) is 25.4 Å². The second-order valence-corrected chi connectivity index (χ2v) is 5.95. The van der Waals surface area contributed by atoms with Crippen molar-refractivity contribution in [2.24, 2.45) is 11.3 Å². The summed E-state index contributed by atoms with van der Waals surface area (Å²) in [5, 5.41) is 39.2. The quantitative estimate of drug-likeness (QED) is 0.532. The molecule has 0 aromatic rings. The molecule has 112 valence electrons. The second-order valence-electron chi connectivity index (χ2n) is 5.95. The van der Waals surface area contributed by atoms with Crippen LogP contribution in [0, 0.1) is 11.3 Å². The van der Waals surface area contributed by atoms with Crippen LogP contribution in [0.25, 0.3) is 0 Å². The topological polar surface area (TPSA) is 98.0 Å². The van der Waals surface area contributed by atoms with Crippen LogP contribution in [0.4, 0.5) is 0 Å². The van der Waals surface area contributed by atoms with Gasteiger partial charge >= 0.3 is 0 Å². The van der Waals surface area contributed by atoms with E-state index in [1.54, 1.807) is 0 Å². The molecule has 0 aliphatic heterocycles. The summed E-state index contributed by atoms with van der Waals surface area (Å²) >= 11 is 0. The molecule has 5 nitrogen and oxygen atoms in total. The van der Waals surface area contributed by atoms with E-state index in [2.05, 4.69) is 0 Å². The first-order valence-corrected chi connectivity index (χ1v) is 6.93. The molecule has 2 rings (SSSR count). The number of carbonyl (C=O) groups excluding carboxylic acids is 1. The molecule has 0 bridgehead atoms. The lowest BCUT2D eigenvalue weighted by molar-refractivity contribution is -0.116. The summed E-state index contributed by atoms with van der Waals surface area (Å²) in [5.41, 5.74) is 0.316. The minimum absolute atomic E-state index is 0.0715. The van der Waals surface area contributed by atoms with Crippen LogP contribution in [0.2, 0.25) is 0 Å². The van der Waals surface area contributed by atoms with Crippen LogP contribution < -0.4 is 0 Å². The van der Waals surface area contributed by atoms with Crippen molar-refractivity contribution >= 4 is 5.78 Å². The Morgan fingerprint density at radius 1 is 1.35 bits per heavy atom. The number of aliphatic hydroxyl groups is 4. The maximum absolute atomic E-state index is 12.2. The van der Waals surface area contributed by atoms with Crippen LogP contribution in [-0.2, 0) is 4.79 Å². The third-order valence-corrected chi connectivity index (χ3v) is 5.10. The fourth-order valence-corrected chi connectivity index (χ4v) is 3.43. The fourth-order valence-electron chi connectivity index (χ4n) is 3.43. The van der Waals surface area contributed by atoms with Crippen molar-refractivity contribution in [1.82, 2.24) is 0 Å². The zero-order chi connectivity index (χ0) is 15.1. The monoisotopic (exact) mass is 282 g/mol. The molecule has 0 heterocycles. The molecule has 0 radical (unpaired) electrons. The summed E-state index contributed by atoms with van der Waals surface area (Å²) < 4.78 is 0. The van der Waals surface area contributed by atoms with E-state index in [-0.39, 0.29) is 22.8 Å². The van der Waals surface area contributed by atoms with Crippen molar-refractivity contribution in [1.29, 1.82) is 0 Å². The zero-order valence-electron chi connectivity index (χ0n) is 11.8. The van der Waals surface area contributed by atoms with E-state index < -0.39 is 30.8 Å². The van der Waals surface area contributed by atoms with Crippen LogP contribution >= 0.6 is 0 Å². The number of fused-ring (bicyclic) bond motifs is 1. The van der Waals surface area contributed by atoms with Gasteiger partial charge in [-0.3, -0.25) is 4.79 Å². The molecule has 0 unspecified atom stereocenters. The van der Waals surface area contributed by atoms with E-state index in [1.165, 1.54) is 6.08 Å². The molecule has 4 N–H and O–H groups in total. The van der Waals surface area contributed by atoms with E-state index in [0.717, 1.165) is 5.57 Å². The Labute approximate surface area is 118 Å². The van der Waals surface area contributed by atoms with Crippen molar-refractivity contribution in [2.75, 3.05) is 13.2 Å². The lowest BCUT2D eigenvalue weighted by Crippen LogP contribution is -2.52. The highest BCUT2D eigenvalue weighted by atomic mass is 16.3. The van der Waals surface area contributed by atoms with Gasteiger partial charge in [-0.05, 0) is 30.4 Å². The molecule has 0 spiro atoms. The van der Waals surface area contributed by atoms with Crippen molar-refractivity contribution < 1.29 is 25.2 Å². The number of ketones is 1. The summed E-state index contributed by atoms with van der Waals surface area (Å²) in [4.78, 5) is 12.2. The van der Waals surface area contributed by atoms with Crippen LogP contribution in [-0.4, -0.2) is 51.6 Å². The highest BCUT2D eigenvalue weighted by molar-refractivity contribution is 6.07. The Morgan fingerprint density at radius 3 is 2.50 bits per heavy atom. The lowest BCUT2D eigenvalue weighted by Gasteiger charge is -2.50. The van der Waals surface area contributed by atoms with Gasteiger partial charge in [0.25, 0.3) is 0 Å². The molecule has 0 saturated heterocycles. The van der Waals surface area contributed by atoms with Gasteiger partial charge in [-0.25, -0.2) is 0 Å². The van der Waals surface area contributed by atoms with Gasteiger partial charge in [0.1, 0.15) is 0 Å². The highest BCUT2D eigenvalue weighted by Gasteiger charge is 2.52. The van der Waals surface area contributed by atoms with Gasteiger partial charge < -0.3 is 20.4 Å². The molecule has 0 amide bonds. The first-order valence-electron chi connectivity index (χ1n) is 6.93. The highest BCUT2D eigenvalue weighted by Crippen LogP contribution is 2.51. The van der Waals surface area contributed by atoms with Crippen LogP contribution in [0.5, 0.6) is 0 Å². The number of hydrogen-bond donors (Lipinski definition) is 4. The average Bonchev–Trinajstić information content (AvgIpc) is 2.43. The van der Waals surface area contributed by atoms with Gasteiger partial charge in [-0.2, -0.15) is 0 Å². The minimum Gasteiger partial charge on any atom is -0.393 e. The number of rotatable bonds is 2. The van der Waals surface area contributed by atoms with Crippen molar-refractivity contribution in [2.45, 2.75) is 38.9 Å². The molecule has 20 heavy (non-hydrogen) atoms. The Balaban J connectivity index is 2.58. The van der Waals surface area contributed by atoms with E-state index >= 15 is 0 Å². The van der Waals surface area contributed by atoms with Crippen molar-refractivity contribution in [3.8, 4) is 0 Å². The molecule has 1 fully saturated rings. The Bertz CT molecular complexity index is 473. The van der Waals surface area contributed by atoms with E-state index in [1.807, 2.05) is 13.8 Å². The molecule has 1 saturated carbocycles. The number of aliphatic hydroxyl groups excluding tert-OH is 4. The lowest BCUT2D eigenvalue weighted by atomic mass is 9.57. The predicted molar refractivity (Wildman–Crippen MR) is 72.8 cm³/mol. The third-order valence-electron chi connectivity index (χ3n) is 5.10. The minimum atomic E-state index is -1.12. The Kier molecular flexibility index (Phi) is 4.16. The van der Waals surface area contributed by atoms with Crippen LogP contribution in [0.3, 0.4) is 0 Å². The average molecular weight is 282 g/mol.